The first kappa shape index (κ1) is 47.1. The summed E-state index contributed by atoms with van der Waals surface area (Å²) in [5.74, 6) is 9.04. The van der Waals surface area contributed by atoms with Gasteiger partial charge < -0.3 is 19.7 Å². The second-order valence-electron chi connectivity index (χ2n) is 28.1. The van der Waals surface area contributed by atoms with Crippen LogP contribution in [0.25, 0.3) is 0 Å². The Kier molecular flexibility index (Phi) is 12.4. The topological polar surface area (TPSA) is 81.9 Å². The van der Waals surface area contributed by atoms with Crippen LogP contribution in [-0.4, -0.2) is 82.4 Å². The lowest BCUT2D eigenvalue weighted by atomic mass is 9.62. The first-order valence-electron chi connectivity index (χ1n) is 32.2. The van der Waals surface area contributed by atoms with Gasteiger partial charge in [-0.15, -0.1) is 0 Å². The van der Waals surface area contributed by atoms with E-state index in [2.05, 4.69) is 57.7 Å². The molecule has 7 saturated carbocycles. The number of thioether (sulfide) groups is 1. The predicted molar refractivity (Wildman–Crippen MR) is 293 cm³/mol. The van der Waals surface area contributed by atoms with Gasteiger partial charge >= 0.3 is 0 Å². The third kappa shape index (κ3) is 7.73. The zero-order chi connectivity index (χ0) is 47.9. The van der Waals surface area contributed by atoms with Crippen molar-refractivity contribution >= 4 is 17.5 Å². The quantitative estimate of drug-likeness (QED) is 0.185. The maximum Gasteiger partial charge on any atom is 0.103 e. The maximum atomic E-state index is 11.6. The fourth-order valence-electron chi connectivity index (χ4n) is 22.3. The van der Waals surface area contributed by atoms with E-state index in [0.717, 1.165) is 77.6 Å². The van der Waals surface area contributed by atoms with Gasteiger partial charge in [0, 0.05) is 76.2 Å². The number of fused-ring (bicyclic) bond motifs is 18. The summed E-state index contributed by atoms with van der Waals surface area (Å²) >= 11 is 2.44. The van der Waals surface area contributed by atoms with Crippen LogP contribution < -0.4 is 10.6 Å². The fraction of sp³-hybridized carbons (Fsp3) is 0.846. The molecule has 0 aromatic heterocycles. The Morgan fingerprint density at radius 2 is 1.55 bits per heavy atom. The molecule has 0 spiro atoms. The molecule has 16 rings (SSSR count). The highest BCUT2D eigenvalue weighted by atomic mass is 32.2. The fourth-order valence-corrected chi connectivity index (χ4v) is 24.5. The van der Waals surface area contributed by atoms with E-state index in [1.54, 1.807) is 22.4 Å². The number of allylic oxidation sites excluding steroid dienone is 4. The van der Waals surface area contributed by atoms with E-state index in [1.807, 2.05) is 0 Å². The molecule has 16 aliphatic rings. The Hall–Kier alpha value is -1.89. The van der Waals surface area contributed by atoms with Crippen LogP contribution in [0.1, 0.15) is 186 Å². The van der Waals surface area contributed by atoms with Crippen LogP contribution in [0.4, 0.5) is 0 Å². The molecule has 0 amide bonds. The summed E-state index contributed by atoms with van der Waals surface area (Å²) in [6.07, 6.45) is 50.2. The standard InChI is InChI=1S/C65H91N5O2S/c66-34-39-33-37(25-29-47(39)70-48-20-8-4-16-40(48)58-49(70)30-32-53-60(58)42-18-6-10-22-51(42)72-53)63(61-44-26-27-45-57-46(68-64(45)62(44)61)28-31-52-59(57)41-17-5-9-21-50(41)71-52)69-65(36-13-2-1-3-14-36)67-35-38-15-12-24-55-56(38)43-19-7-11-23-54(43)73-55/h6,8,18,20,36-48,50-57,59-60,64-65,67-68H,1-5,7,9-17,19,21-33,35H2/b69-63-. The molecule has 0 bridgehead atoms. The van der Waals surface area contributed by atoms with E-state index in [9.17, 15) is 5.26 Å². The number of nitrogens with zero attached hydrogens (tertiary/aromatic N) is 3. The number of hydrogen-bond acceptors (Lipinski definition) is 8. The lowest BCUT2D eigenvalue weighted by Crippen LogP contribution is -2.48. The SMILES string of the molecule is N#CC1CC(/C(=N/C(NCC2CCCC3SC4CCCCC4C23)C2CCCCC2)C2=C3C2CCC2C3NC3CCC4OC5CCCCC5C4C32)CCC1N1C2=C(C3CCC=CC31)C1C(CC2)OC2CCC=CC21. The van der Waals surface area contributed by atoms with Gasteiger partial charge in [0.15, 0.2) is 0 Å². The third-order valence-corrected chi connectivity index (χ3v) is 26.9. The summed E-state index contributed by atoms with van der Waals surface area (Å²) in [6, 6.07) is 5.01. The molecule has 7 nitrogen and oxygen atoms in total. The second kappa shape index (κ2) is 19.2. The number of aliphatic imine (C=N–C) groups is 1. The first-order valence-corrected chi connectivity index (χ1v) is 33.1. The average molecular weight is 1010 g/mol. The highest BCUT2D eigenvalue weighted by Crippen LogP contribution is 2.64. The lowest BCUT2D eigenvalue weighted by molar-refractivity contribution is -0.00757. The highest BCUT2D eigenvalue weighted by molar-refractivity contribution is 8.00. The van der Waals surface area contributed by atoms with Crippen molar-refractivity contribution in [3.05, 3.63) is 46.7 Å². The minimum atomic E-state index is 0.0181. The Balaban J connectivity index is 0.737. The molecule has 0 aromatic carbocycles. The summed E-state index contributed by atoms with van der Waals surface area (Å²) in [7, 11) is 0. The first-order chi connectivity index (χ1) is 36.2. The van der Waals surface area contributed by atoms with Crippen molar-refractivity contribution in [2.75, 3.05) is 6.54 Å². The van der Waals surface area contributed by atoms with Crippen molar-refractivity contribution in [3.63, 3.8) is 0 Å². The van der Waals surface area contributed by atoms with Gasteiger partial charge in [0.1, 0.15) is 6.17 Å². The maximum absolute atomic E-state index is 11.6. The van der Waals surface area contributed by atoms with Crippen molar-refractivity contribution in [1.82, 2.24) is 15.5 Å². The monoisotopic (exact) mass is 1010 g/mol. The summed E-state index contributed by atoms with van der Waals surface area (Å²) < 4.78 is 13.9. The Morgan fingerprint density at radius 3 is 2.48 bits per heavy atom. The third-order valence-electron chi connectivity index (χ3n) is 25.0. The van der Waals surface area contributed by atoms with E-state index in [1.165, 1.54) is 173 Å². The summed E-state index contributed by atoms with van der Waals surface area (Å²) in [4.78, 5) is 9.33. The number of rotatable bonds is 8. The zero-order valence-electron chi connectivity index (χ0n) is 44.5. The smallest absolute Gasteiger partial charge is 0.103 e. The molecule has 2 N–H and O–H groups in total. The van der Waals surface area contributed by atoms with Gasteiger partial charge in [-0.05, 0) is 199 Å². The predicted octanol–water partition coefficient (Wildman–Crippen LogP) is 13.0. The molecule has 0 aromatic rings. The molecule has 24 unspecified atom stereocenters. The van der Waals surface area contributed by atoms with Gasteiger partial charge in [-0.3, -0.25) is 10.3 Å². The lowest BCUT2D eigenvalue weighted by Gasteiger charge is -2.45. The van der Waals surface area contributed by atoms with E-state index in [4.69, 9.17) is 14.5 Å². The Bertz CT molecular complexity index is 2330. The molecule has 24 atom stereocenters. The van der Waals surface area contributed by atoms with Crippen LogP contribution in [0.15, 0.2) is 51.7 Å². The zero-order valence-corrected chi connectivity index (χ0v) is 45.3. The summed E-state index contributed by atoms with van der Waals surface area (Å²) in [5, 5.41) is 22.4. The van der Waals surface area contributed by atoms with Crippen molar-refractivity contribution in [2.45, 2.75) is 251 Å². The van der Waals surface area contributed by atoms with Crippen molar-refractivity contribution < 1.29 is 9.47 Å². The molecule has 73 heavy (non-hydrogen) atoms. The molecule has 4 saturated heterocycles. The van der Waals surface area contributed by atoms with Crippen molar-refractivity contribution in [2.24, 2.45) is 87.8 Å². The average Bonchev–Trinajstić information content (AvgIpc) is 3.95. The van der Waals surface area contributed by atoms with E-state index in [0.29, 0.717) is 78.0 Å². The second-order valence-corrected chi connectivity index (χ2v) is 29.6. The molecular formula is C65H91N5O2S. The number of ether oxygens (including phenoxy) is 2. The number of nitrogens with one attached hydrogen (secondary N) is 2. The van der Waals surface area contributed by atoms with E-state index in [-0.39, 0.29) is 18.1 Å². The van der Waals surface area contributed by atoms with E-state index >= 15 is 0 Å². The summed E-state index contributed by atoms with van der Waals surface area (Å²) in [6.45, 7) is 1.17. The summed E-state index contributed by atoms with van der Waals surface area (Å²) in [5.41, 5.74) is 8.45. The van der Waals surface area contributed by atoms with Gasteiger partial charge in [-0.1, -0.05) is 75.7 Å². The van der Waals surface area contributed by atoms with Crippen LogP contribution in [-0.2, 0) is 9.47 Å². The highest BCUT2D eigenvalue weighted by Gasteiger charge is 2.63. The molecule has 11 fully saturated rings. The van der Waals surface area contributed by atoms with Gasteiger partial charge in [-0.25, -0.2) is 0 Å². The molecule has 5 heterocycles. The molecule has 394 valence electrons. The molecule has 5 aliphatic heterocycles. The molecular weight excluding hydrogens is 915 g/mol. The largest absolute Gasteiger partial charge is 0.374 e. The Labute approximate surface area is 444 Å². The van der Waals surface area contributed by atoms with E-state index < -0.39 is 0 Å². The van der Waals surface area contributed by atoms with Gasteiger partial charge in [0.25, 0.3) is 0 Å². The molecule has 0 radical (unpaired) electrons. The van der Waals surface area contributed by atoms with Crippen LogP contribution in [0, 0.1) is 94.2 Å². The minimum absolute atomic E-state index is 0.0181. The van der Waals surface area contributed by atoms with Gasteiger partial charge in [-0.2, -0.15) is 17.0 Å². The van der Waals surface area contributed by atoms with Crippen LogP contribution >= 0.6 is 11.8 Å². The van der Waals surface area contributed by atoms with Crippen LogP contribution in [0.2, 0.25) is 0 Å². The van der Waals surface area contributed by atoms with Gasteiger partial charge in [0.2, 0.25) is 0 Å². The van der Waals surface area contributed by atoms with Crippen LogP contribution in [0.3, 0.4) is 0 Å². The molecule has 8 heteroatoms. The van der Waals surface area contributed by atoms with Crippen molar-refractivity contribution in [3.8, 4) is 6.07 Å². The molecule has 11 aliphatic carbocycles. The van der Waals surface area contributed by atoms with Gasteiger partial charge in [0.05, 0.1) is 42.4 Å². The Morgan fingerprint density at radius 1 is 0.712 bits per heavy atom. The number of hydrogen-bond donors (Lipinski definition) is 2. The van der Waals surface area contributed by atoms with Crippen LogP contribution in [0.5, 0.6) is 0 Å². The number of nitriles is 1. The minimum Gasteiger partial charge on any atom is -0.374 e. The van der Waals surface area contributed by atoms with Crippen molar-refractivity contribution in [1.29, 1.82) is 5.26 Å². The normalized spacial score (nSPS) is 50.8.